The van der Waals surface area contributed by atoms with Gasteiger partial charge in [-0.3, -0.25) is 5.32 Å². The molecule has 1 amide bonds. The van der Waals surface area contributed by atoms with Crippen molar-refractivity contribution in [3.63, 3.8) is 0 Å². The molecular weight excluding hydrogens is 319 g/mol. The topological polar surface area (TPSA) is 62.1 Å². The molecule has 1 N–H and O–H groups in total. The summed E-state index contributed by atoms with van der Waals surface area (Å²) in [5.74, 6) is 0. The number of hydrogen-bond donors (Lipinski definition) is 1. The third-order valence-corrected chi connectivity index (χ3v) is 4.17. The van der Waals surface area contributed by atoms with Crippen LogP contribution in [0, 0.1) is 11.3 Å². The third kappa shape index (κ3) is 2.88. The fraction of sp³-hybridized carbons (Fsp3) is 0.0769. The zero-order valence-corrected chi connectivity index (χ0v) is 12.6. The van der Waals surface area contributed by atoms with Gasteiger partial charge in [0.15, 0.2) is 0 Å². The summed E-state index contributed by atoms with van der Waals surface area (Å²) in [6, 6.07) is 7.17. The van der Waals surface area contributed by atoms with Gasteiger partial charge in [0.2, 0.25) is 0 Å². The minimum Gasteiger partial charge on any atom is -0.453 e. The molecule has 20 heavy (non-hydrogen) atoms. The van der Waals surface area contributed by atoms with E-state index in [1.807, 2.05) is 0 Å². The molecule has 0 aliphatic rings. The Hall–Kier alpha value is -1.74. The highest BCUT2D eigenvalue weighted by Crippen LogP contribution is 2.37. The lowest BCUT2D eigenvalue weighted by Gasteiger charge is -2.03. The molecular formula is C13H8Cl2N2O2S. The summed E-state index contributed by atoms with van der Waals surface area (Å²) in [5.41, 5.74) is 1.80. The Labute approximate surface area is 129 Å². The molecule has 4 nitrogen and oxygen atoms in total. The maximum absolute atomic E-state index is 11.2. The van der Waals surface area contributed by atoms with Gasteiger partial charge < -0.3 is 4.74 Å². The summed E-state index contributed by atoms with van der Waals surface area (Å²) in [5, 5.41) is 14.8. The van der Waals surface area contributed by atoms with Crippen molar-refractivity contribution in [3.05, 3.63) is 39.2 Å². The summed E-state index contributed by atoms with van der Waals surface area (Å²) >= 11 is 13.1. The van der Waals surface area contributed by atoms with Gasteiger partial charge in [-0.05, 0) is 17.7 Å². The standard InChI is InChI=1S/C13H8Cl2N2O2S/c1-19-13(18)17-12-8(5-16)9(6-20-12)7-2-3-10(14)11(15)4-7/h2-4,6H,1H3,(H,17,18). The van der Waals surface area contributed by atoms with Crippen LogP contribution in [0.4, 0.5) is 9.80 Å². The van der Waals surface area contributed by atoms with Gasteiger partial charge in [0.25, 0.3) is 0 Å². The number of nitriles is 1. The van der Waals surface area contributed by atoms with Crippen molar-refractivity contribution in [2.45, 2.75) is 0 Å². The van der Waals surface area contributed by atoms with Crippen LogP contribution in [0.15, 0.2) is 23.6 Å². The molecule has 1 aromatic heterocycles. The van der Waals surface area contributed by atoms with Gasteiger partial charge in [0.05, 0.1) is 22.7 Å². The largest absolute Gasteiger partial charge is 0.453 e. The molecule has 2 aromatic rings. The van der Waals surface area contributed by atoms with E-state index in [9.17, 15) is 10.1 Å². The smallest absolute Gasteiger partial charge is 0.411 e. The number of carbonyl (C=O) groups is 1. The van der Waals surface area contributed by atoms with Gasteiger partial charge in [0.1, 0.15) is 11.1 Å². The number of nitrogens with one attached hydrogen (secondary N) is 1. The van der Waals surface area contributed by atoms with E-state index in [0.717, 1.165) is 5.56 Å². The van der Waals surface area contributed by atoms with Gasteiger partial charge in [-0.2, -0.15) is 5.26 Å². The predicted octanol–water partition coefficient (Wildman–Crippen LogP) is 4.77. The second kappa shape index (κ2) is 6.14. The number of benzene rings is 1. The Morgan fingerprint density at radius 3 is 2.75 bits per heavy atom. The average molecular weight is 327 g/mol. The van der Waals surface area contributed by atoms with E-state index >= 15 is 0 Å². The molecule has 102 valence electrons. The van der Waals surface area contributed by atoms with Crippen molar-refractivity contribution in [2.24, 2.45) is 0 Å². The molecule has 0 aliphatic heterocycles. The van der Waals surface area contributed by atoms with Crippen LogP contribution in [0.3, 0.4) is 0 Å². The first kappa shape index (κ1) is 14.7. The van der Waals surface area contributed by atoms with Crippen LogP contribution in [0.25, 0.3) is 11.1 Å². The SMILES string of the molecule is COC(=O)Nc1scc(-c2ccc(Cl)c(Cl)c2)c1C#N. The van der Waals surface area contributed by atoms with Crippen LogP contribution in [0.5, 0.6) is 0 Å². The Morgan fingerprint density at radius 1 is 1.40 bits per heavy atom. The van der Waals surface area contributed by atoms with Gasteiger partial charge in [0, 0.05) is 10.9 Å². The van der Waals surface area contributed by atoms with Crippen LogP contribution in [0.1, 0.15) is 5.56 Å². The summed E-state index contributed by atoms with van der Waals surface area (Å²) < 4.78 is 4.51. The van der Waals surface area contributed by atoms with E-state index in [0.29, 0.717) is 26.2 Å². The fourth-order valence-electron chi connectivity index (χ4n) is 1.58. The molecule has 0 saturated carbocycles. The van der Waals surface area contributed by atoms with Crippen molar-refractivity contribution in [1.29, 1.82) is 5.26 Å². The molecule has 0 bridgehead atoms. The molecule has 0 unspecified atom stereocenters. The minimum absolute atomic E-state index is 0.360. The first-order valence-electron chi connectivity index (χ1n) is 5.38. The number of hydrogen-bond acceptors (Lipinski definition) is 4. The van der Waals surface area contributed by atoms with Crippen LogP contribution in [-0.2, 0) is 4.74 Å². The number of methoxy groups -OCH3 is 1. The van der Waals surface area contributed by atoms with Crippen molar-refractivity contribution in [3.8, 4) is 17.2 Å². The Bertz CT molecular complexity index is 707. The first-order chi connectivity index (χ1) is 9.56. The number of nitrogens with zero attached hydrogens (tertiary/aromatic N) is 1. The number of anilines is 1. The molecule has 1 heterocycles. The summed E-state index contributed by atoms with van der Waals surface area (Å²) in [6.45, 7) is 0. The highest BCUT2D eigenvalue weighted by Gasteiger charge is 2.16. The van der Waals surface area contributed by atoms with Crippen molar-refractivity contribution in [2.75, 3.05) is 12.4 Å². The number of carbonyl (C=O) groups excluding carboxylic acids is 1. The van der Waals surface area contributed by atoms with Crippen LogP contribution in [-0.4, -0.2) is 13.2 Å². The number of rotatable bonds is 2. The van der Waals surface area contributed by atoms with Gasteiger partial charge >= 0.3 is 6.09 Å². The van der Waals surface area contributed by atoms with Gasteiger partial charge in [-0.1, -0.05) is 29.3 Å². The van der Waals surface area contributed by atoms with Gasteiger partial charge in [-0.25, -0.2) is 4.79 Å². The van der Waals surface area contributed by atoms with E-state index in [-0.39, 0.29) is 0 Å². The molecule has 2 rings (SSSR count). The molecule has 0 atom stereocenters. The van der Waals surface area contributed by atoms with Gasteiger partial charge in [-0.15, -0.1) is 11.3 Å². The second-order valence-electron chi connectivity index (χ2n) is 3.71. The number of amides is 1. The van der Waals surface area contributed by atoms with E-state index in [1.54, 1.807) is 23.6 Å². The molecule has 0 radical (unpaired) electrons. The van der Waals surface area contributed by atoms with Crippen LogP contribution >= 0.6 is 34.5 Å². The molecule has 0 aliphatic carbocycles. The lowest BCUT2D eigenvalue weighted by Crippen LogP contribution is -2.10. The monoisotopic (exact) mass is 326 g/mol. The van der Waals surface area contributed by atoms with E-state index in [2.05, 4.69) is 16.1 Å². The van der Waals surface area contributed by atoms with Crippen LogP contribution in [0.2, 0.25) is 10.0 Å². The average Bonchev–Trinajstić information content (AvgIpc) is 2.84. The third-order valence-electron chi connectivity index (χ3n) is 2.53. The van der Waals surface area contributed by atoms with Crippen molar-refractivity contribution in [1.82, 2.24) is 0 Å². The molecule has 0 saturated heterocycles. The van der Waals surface area contributed by atoms with Crippen molar-refractivity contribution < 1.29 is 9.53 Å². The zero-order valence-electron chi connectivity index (χ0n) is 10.2. The Morgan fingerprint density at radius 2 is 2.15 bits per heavy atom. The first-order valence-corrected chi connectivity index (χ1v) is 7.02. The fourth-order valence-corrected chi connectivity index (χ4v) is 2.78. The zero-order chi connectivity index (χ0) is 14.7. The second-order valence-corrected chi connectivity index (χ2v) is 5.40. The van der Waals surface area contributed by atoms with E-state index in [4.69, 9.17) is 23.2 Å². The van der Waals surface area contributed by atoms with E-state index in [1.165, 1.54) is 18.4 Å². The predicted molar refractivity (Wildman–Crippen MR) is 80.5 cm³/mol. The molecule has 7 heteroatoms. The Kier molecular flexibility index (Phi) is 4.50. The summed E-state index contributed by atoms with van der Waals surface area (Å²) in [6.07, 6.45) is -0.621. The Balaban J connectivity index is 2.45. The lowest BCUT2D eigenvalue weighted by molar-refractivity contribution is 0.187. The molecule has 0 spiro atoms. The quantitative estimate of drug-likeness (QED) is 0.864. The maximum atomic E-state index is 11.2. The highest BCUT2D eigenvalue weighted by molar-refractivity contribution is 7.15. The number of thiophene rings is 1. The summed E-state index contributed by atoms with van der Waals surface area (Å²) in [7, 11) is 1.26. The van der Waals surface area contributed by atoms with E-state index < -0.39 is 6.09 Å². The lowest BCUT2D eigenvalue weighted by atomic mass is 10.1. The summed E-state index contributed by atoms with van der Waals surface area (Å²) in [4.78, 5) is 11.2. The van der Waals surface area contributed by atoms with Crippen LogP contribution < -0.4 is 5.32 Å². The maximum Gasteiger partial charge on any atom is 0.411 e. The normalized spacial score (nSPS) is 9.90. The molecule has 0 fully saturated rings. The number of ether oxygens (including phenoxy) is 1. The minimum atomic E-state index is -0.621. The molecule has 1 aromatic carbocycles. The highest BCUT2D eigenvalue weighted by atomic mass is 35.5. The number of halogens is 2. The van der Waals surface area contributed by atoms with Crippen molar-refractivity contribution >= 4 is 45.6 Å².